The summed E-state index contributed by atoms with van der Waals surface area (Å²) in [6, 6.07) is 23.1. The summed E-state index contributed by atoms with van der Waals surface area (Å²) in [6.45, 7) is 0. The number of anilines is 1. The molecule has 0 amide bonds. The fraction of sp³-hybridized carbons (Fsp3) is 0. The molecule has 4 N–H and O–H groups in total. The van der Waals surface area contributed by atoms with Crippen molar-refractivity contribution in [3.8, 4) is 5.69 Å². The van der Waals surface area contributed by atoms with Crippen molar-refractivity contribution in [2.75, 3.05) is 5.73 Å². The number of hydrogen-bond donors (Lipinski definition) is 3. The number of nitrogens with zero attached hydrogens (tertiary/aromatic N) is 1. The van der Waals surface area contributed by atoms with Crippen LogP contribution in [0.4, 0.5) is 5.69 Å². The molecule has 0 spiro atoms. The average molecular weight is 392 g/mol. The van der Waals surface area contributed by atoms with Gasteiger partial charge in [0.05, 0.1) is 22.5 Å². The molecule has 146 valence electrons. The summed E-state index contributed by atoms with van der Waals surface area (Å²) in [6.07, 6.45) is 6.70. The predicted molar refractivity (Wildman–Crippen MR) is 125 cm³/mol. The van der Waals surface area contributed by atoms with Gasteiger partial charge >= 0.3 is 0 Å². The normalized spacial score (nSPS) is 12.8. The topological polar surface area (TPSA) is 95.7 Å². The van der Waals surface area contributed by atoms with Crippen LogP contribution in [0.1, 0.15) is 0 Å². The third-order valence-corrected chi connectivity index (χ3v) is 4.86. The number of allylic oxidation sites excluding steroid dienone is 4. The lowest BCUT2D eigenvalue weighted by Gasteiger charge is -2.15. The lowest BCUT2D eigenvalue weighted by atomic mass is 10.1. The van der Waals surface area contributed by atoms with E-state index in [2.05, 4.69) is 4.57 Å². The van der Waals surface area contributed by atoms with Gasteiger partial charge < -0.3 is 10.3 Å². The van der Waals surface area contributed by atoms with Crippen LogP contribution in [-0.4, -0.2) is 16.0 Å². The van der Waals surface area contributed by atoms with Crippen LogP contribution in [0.25, 0.3) is 27.5 Å². The molecule has 1 heterocycles. The molecule has 1 aromatic heterocycles. The third-order valence-electron chi connectivity index (χ3n) is 4.86. The Bertz CT molecular complexity index is 1310. The number of pyridine rings is 1. The molecule has 0 radical (unpaired) electrons. The van der Waals surface area contributed by atoms with Gasteiger partial charge in [0.1, 0.15) is 0 Å². The summed E-state index contributed by atoms with van der Waals surface area (Å²) in [4.78, 5) is 12.7. The SMILES string of the molecule is N=C1C=CC=CC1=N.Nc1ccc(-n2c3ccccc3c(=O)c3ccccc32)cc1. The Balaban J connectivity index is 0.000000230. The Hall–Kier alpha value is -4.25. The Labute approximate surface area is 173 Å². The van der Waals surface area contributed by atoms with Gasteiger partial charge in [-0.3, -0.25) is 15.6 Å². The molecule has 30 heavy (non-hydrogen) atoms. The predicted octanol–water partition coefficient (Wildman–Crippen LogP) is 4.88. The molecular formula is C25H20N4O. The first kappa shape index (κ1) is 19.1. The number of para-hydroxylation sites is 2. The van der Waals surface area contributed by atoms with Gasteiger partial charge in [-0.2, -0.15) is 0 Å². The Kier molecular flexibility index (Phi) is 5.09. The van der Waals surface area contributed by atoms with Gasteiger partial charge in [-0.05, 0) is 60.7 Å². The van der Waals surface area contributed by atoms with Crippen LogP contribution < -0.4 is 11.2 Å². The van der Waals surface area contributed by atoms with E-state index in [1.807, 2.05) is 72.8 Å². The number of nitrogens with one attached hydrogen (secondary N) is 2. The number of hydrogen-bond acceptors (Lipinski definition) is 4. The second-order valence-electron chi connectivity index (χ2n) is 6.84. The summed E-state index contributed by atoms with van der Waals surface area (Å²) in [5, 5.41) is 15.5. The highest BCUT2D eigenvalue weighted by atomic mass is 16.1. The molecule has 5 rings (SSSR count). The Morgan fingerprint density at radius 2 is 1.13 bits per heavy atom. The van der Waals surface area contributed by atoms with E-state index in [0.717, 1.165) is 33.2 Å². The second-order valence-corrected chi connectivity index (χ2v) is 6.84. The summed E-state index contributed by atoms with van der Waals surface area (Å²) in [7, 11) is 0. The Morgan fingerprint density at radius 1 is 0.667 bits per heavy atom. The quantitative estimate of drug-likeness (QED) is 0.245. The second kappa shape index (κ2) is 8.01. The maximum absolute atomic E-state index is 12.7. The Morgan fingerprint density at radius 3 is 1.60 bits per heavy atom. The highest BCUT2D eigenvalue weighted by Crippen LogP contribution is 2.24. The van der Waals surface area contributed by atoms with E-state index in [1.165, 1.54) is 0 Å². The van der Waals surface area contributed by atoms with Gasteiger partial charge in [-0.15, -0.1) is 0 Å². The van der Waals surface area contributed by atoms with E-state index in [1.54, 1.807) is 24.3 Å². The van der Waals surface area contributed by atoms with Gasteiger partial charge in [0.25, 0.3) is 0 Å². The van der Waals surface area contributed by atoms with Crippen molar-refractivity contribution < 1.29 is 0 Å². The lowest BCUT2D eigenvalue weighted by molar-refractivity contribution is 1.16. The number of nitrogens with two attached hydrogens (primary N) is 1. The molecule has 4 aromatic rings. The number of aromatic nitrogens is 1. The third kappa shape index (κ3) is 3.56. The molecule has 3 aromatic carbocycles. The zero-order chi connectivity index (χ0) is 21.1. The molecular weight excluding hydrogens is 372 g/mol. The van der Waals surface area contributed by atoms with E-state index in [4.69, 9.17) is 16.6 Å². The van der Waals surface area contributed by atoms with Crippen molar-refractivity contribution in [1.29, 1.82) is 10.8 Å². The number of fused-ring (bicyclic) bond motifs is 2. The van der Waals surface area contributed by atoms with Crippen molar-refractivity contribution in [1.82, 2.24) is 4.57 Å². The minimum atomic E-state index is 0.0675. The minimum absolute atomic E-state index is 0.0675. The number of nitrogen functional groups attached to an aromatic ring is 1. The average Bonchev–Trinajstić information content (AvgIpc) is 2.78. The van der Waals surface area contributed by atoms with E-state index in [0.29, 0.717) is 0 Å². The summed E-state index contributed by atoms with van der Waals surface area (Å²) in [5.41, 5.74) is 9.94. The largest absolute Gasteiger partial charge is 0.399 e. The zero-order valence-corrected chi connectivity index (χ0v) is 16.2. The molecule has 5 nitrogen and oxygen atoms in total. The van der Waals surface area contributed by atoms with Crippen LogP contribution in [0.15, 0.2) is 102 Å². The highest BCUT2D eigenvalue weighted by Gasteiger charge is 2.11. The first-order valence-electron chi connectivity index (χ1n) is 9.47. The zero-order valence-electron chi connectivity index (χ0n) is 16.2. The fourth-order valence-electron chi connectivity index (χ4n) is 3.38. The first-order valence-corrected chi connectivity index (χ1v) is 9.47. The highest BCUT2D eigenvalue weighted by molar-refractivity contribution is 6.48. The monoisotopic (exact) mass is 392 g/mol. The maximum atomic E-state index is 12.7. The van der Waals surface area contributed by atoms with Gasteiger partial charge in [0, 0.05) is 22.1 Å². The van der Waals surface area contributed by atoms with Crippen molar-refractivity contribution in [3.05, 3.63) is 107 Å². The van der Waals surface area contributed by atoms with Crippen molar-refractivity contribution in [3.63, 3.8) is 0 Å². The standard InChI is InChI=1S/C19H14N2O.C6H6N2/c20-13-9-11-14(12-10-13)21-17-7-3-1-5-15(17)19(22)16-6-2-4-8-18(16)21;7-5-3-1-2-4-6(5)8/h1-12H,20H2;1-4,7-8H. The molecule has 0 fully saturated rings. The molecule has 0 atom stereocenters. The number of benzene rings is 3. The van der Waals surface area contributed by atoms with Crippen molar-refractivity contribution in [2.45, 2.75) is 0 Å². The van der Waals surface area contributed by atoms with Crippen LogP contribution in [-0.2, 0) is 0 Å². The van der Waals surface area contributed by atoms with Crippen LogP contribution in [0.2, 0.25) is 0 Å². The number of rotatable bonds is 1. The summed E-state index contributed by atoms with van der Waals surface area (Å²) < 4.78 is 2.10. The van der Waals surface area contributed by atoms with Crippen LogP contribution in [0.5, 0.6) is 0 Å². The van der Waals surface area contributed by atoms with Gasteiger partial charge in [0.15, 0.2) is 5.43 Å². The van der Waals surface area contributed by atoms with E-state index < -0.39 is 0 Å². The van der Waals surface area contributed by atoms with E-state index >= 15 is 0 Å². The smallest absolute Gasteiger partial charge is 0.197 e. The molecule has 5 heteroatoms. The molecule has 1 aliphatic rings. The van der Waals surface area contributed by atoms with Crippen LogP contribution in [0.3, 0.4) is 0 Å². The molecule has 0 saturated heterocycles. The van der Waals surface area contributed by atoms with Gasteiger partial charge in [0.2, 0.25) is 0 Å². The fourth-order valence-corrected chi connectivity index (χ4v) is 3.38. The summed E-state index contributed by atoms with van der Waals surface area (Å²) >= 11 is 0. The van der Waals surface area contributed by atoms with Crippen LogP contribution >= 0.6 is 0 Å². The van der Waals surface area contributed by atoms with Crippen molar-refractivity contribution in [2.24, 2.45) is 0 Å². The molecule has 0 saturated carbocycles. The molecule has 0 unspecified atom stereocenters. The van der Waals surface area contributed by atoms with E-state index in [9.17, 15) is 4.79 Å². The summed E-state index contributed by atoms with van der Waals surface area (Å²) in [5.74, 6) is 0. The van der Waals surface area contributed by atoms with Crippen LogP contribution in [0, 0.1) is 10.8 Å². The van der Waals surface area contributed by atoms with Gasteiger partial charge in [-0.1, -0.05) is 36.4 Å². The van der Waals surface area contributed by atoms with Crippen molar-refractivity contribution >= 4 is 38.9 Å². The lowest BCUT2D eigenvalue weighted by Crippen LogP contribution is -2.10. The van der Waals surface area contributed by atoms with Gasteiger partial charge in [-0.25, -0.2) is 0 Å². The molecule has 1 aliphatic carbocycles. The molecule has 0 bridgehead atoms. The maximum Gasteiger partial charge on any atom is 0.197 e. The van der Waals surface area contributed by atoms with E-state index in [-0.39, 0.29) is 16.9 Å². The first-order chi connectivity index (χ1) is 14.6. The molecule has 0 aliphatic heterocycles. The minimum Gasteiger partial charge on any atom is -0.399 e.